The van der Waals surface area contributed by atoms with Crippen LogP contribution in [-0.4, -0.2) is 25.1 Å². The van der Waals surface area contributed by atoms with Crippen molar-refractivity contribution in [2.75, 3.05) is 24.0 Å². The molecule has 0 heterocycles. The molecule has 1 nitrogen and oxygen atoms in total. The van der Waals surface area contributed by atoms with Crippen LogP contribution in [0.15, 0.2) is 18.2 Å². The molecule has 96 valence electrons. The van der Waals surface area contributed by atoms with E-state index < -0.39 is 0 Å². The first kappa shape index (κ1) is 14.7. The minimum atomic E-state index is -0.227. The normalized spacial score (nSPS) is 12.5. The Morgan fingerprint density at radius 2 is 2.18 bits per heavy atom. The van der Waals surface area contributed by atoms with E-state index in [1.807, 2.05) is 24.9 Å². The number of thioether (sulfide) groups is 1. The zero-order valence-electron chi connectivity index (χ0n) is 10.5. The van der Waals surface area contributed by atoms with Crippen molar-refractivity contribution < 1.29 is 4.39 Å². The highest BCUT2D eigenvalue weighted by molar-refractivity contribution is 7.98. The van der Waals surface area contributed by atoms with Crippen molar-refractivity contribution in [2.45, 2.75) is 25.3 Å². The van der Waals surface area contributed by atoms with Crippen molar-refractivity contribution in [3.05, 3.63) is 29.6 Å². The summed E-state index contributed by atoms with van der Waals surface area (Å²) in [5.41, 5.74) is 1.88. The molecule has 0 spiro atoms. The molecule has 0 aliphatic heterocycles. The molecule has 0 saturated heterocycles. The van der Waals surface area contributed by atoms with Crippen LogP contribution in [0.1, 0.15) is 18.9 Å². The summed E-state index contributed by atoms with van der Waals surface area (Å²) in [5.74, 6) is 1.24. The summed E-state index contributed by atoms with van der Waals surface area (Å²) in [6.45, 7) is 2.18. The summed E-state index contributed by atoms with van der Waals surface area (Å²) in [5, 5.41) is 0. The van der Waals surface area contributed by atoms with Crippen LogP contribution < -0.4 is 4.90 Å². The molecule has 0 amide bonds. The first-order valence-electron chi connectivity index (χ1n) is 5.66. The number of halogens is 2. The Balaban J connectivity index is 2.83. The zero-order valence-corrected chi connectivity index (χ0v) is 12.1. The Morgan fingerprint density at radius 1 is 1.47 bits per heavy atom. The fourth-order valence-corrected chi connectivity index (χ4v) is 2.52. The van der Waals surface area contributed by atoms with Gasteiger partial charge in [0, 0.05) is 24.7 Å². The van der Waals surface area contributed by atoms with E-state index in [9.17, 15) is 4.39 Å². The third kappa shape index (κ3) is 4.07. The molecule has 0 bridgehead atoms. The van der Waals surface area contributed by atoms with Crippen molar-refractivity contribution in [3.8, 4) is 0 Å². The lowest BCUT2D eigenvalue weighted by atomic mass is 10.1. The molecule has 1 unspecified atom stereocenters. The van der Waals surface area contributed by atoms with Crippen molar-refractivity contribution in [1.29, 1.82) is 0 Å². The van der Waals surface area contributed by atoms with Gasteiger partial charge in [0.15, 0.2) is 0 Å². The third-order valence-electron chi connectivity index (χ3n) is 2.97. The molecule has 1 aromatic carbocycles. The Bertz CT molecular complexity index is 359. The second-order valence-electron chi connectivity index (χ2n) is 4.15. The molecule has 0 aliphatic rings. The molecule has 0 fully saturated rings. The van der Waals surface area contributed by atoms with Crippen molar-refractivity contribution in [3.63, 3.8) is 0 Å². The van der Waals surface area contributed by atoms with Crippen LogP contribution in [0.2, 0.25) is 0 Å². The van der Waals surface area contributed by atoms with E-state index in [0.29, 0.717) is 11.9 Å². The fourth-order valence-electron chi connectivity index (χ4n) is 1.72. The number of anilines is 1. The first-order valence-corrected chi connectivity index (χ1v) is 7.59. The summed E-state index contributed by atoms with van der Waals surface area (Å²) in [7, 11) is 2.04. The van der Waals surface area contributed by atoms with Crippen LogP contribution in [0.3, 0.4) is 0 Å². The highest BCUT2D eigenvalue weighted by atomic mass is 35.5. The fraction of sp³-hybridized carbons (Fsp3) is 0.538. The minimum Gasteiger partial charge on any atom is -0.372 e. The predicted molar refractivity (Wildman–Crippen MR) is 76.8 cm³/mol. The average Bonchev–Trinajstić information content (AvgIpc) is 2.34. The topological polar surface area (TPSA) is 3.24 Å². The van der Waals surface area contributed by atoms with Crippen LogP contribution in [0.5, 0.6) is 0 Å². The van der Waals surface area contributed by atoms with Gasteiger partial charge >= 0.3 is 0 Å². The number of benzene rings is 1. The summed E-state index contributed by atoms with van der Waals surface area (Å²) in [6.07, 6.45) is 3.21. The van der Waals surface area contributed by atoms with Gasteiger partial charge in [0.25, 0.3) is 0 Å². The summed E-state index contributed by atoms with van der Waals surface area (Å²) >= 11 is 7.70. The standard InChI is InChI=1S/C13H19ClFNS/c1-10(6-7-17-3)16(2)13-5-4-12(15)8-11(13)9-14/h4-5,8,10H,6-7,9H2,1-3H3. The summed E-state index contributed by atoms with van der Waals surface area (Å²) < 4.78 is 13.1. The summed E-state index contributed by atoms with van der Waals surface area (Å²) in [4.78, 5) is 2.17. The SMILES string of the molecule is CSCCC(C)N(C)c1ccc(F)cc1CCl. The second-order valence-corrected chi connectivity index (χ2v) is 5.40. The lowest BCUT2D eigenvalue weighted by molar-refractivity contribution is 0.623. The van der Waals surface area contributed by atoms with E-state index in [4.69, 9.17) is 11.6 Å². The molecule has 0 aromatic heterocycles. The highest BCUT2D eigenvalue weighted by Gasteiger charge is 2.13. The first-order chi connectivity index (χ1) is 8.10. The van der Waals surface area contributed by atoms with E-state index in [1.165, 1.54) is 12.1 Å². The number of hydrogen-bond acceptors (Lipinski definition) is 2. The second kappa shape index (κ2) is 7.12. The smallest absolute Gasteiger partial charge is 0.123 e. The summed E-state index contributed by atoms with van der Waals surface area (Å²) in [6, 6.07) is 5.24. The molecule has 0 N–H and O–H groups in total. The average molecular weight is 276 g/mol. The molecular formula is C13H19ClFNS. The largest absolute Gasteiger partial charge is 0.372 e. The maximum absolute atomic E-state index is 13.1. The maximum Gasteiger partial charge on any atom is 0.123 e. The Hall–Kier alpha value is -0.410. The number of rotatable bonds is 6. The van der Waals surface area contributed by atoms with Gasteiger partial charge in [-0.3, -0.25) is 0 Å². The highest BCUT2D eigenvalue weighted by Crippen LogP contribution is 2.25. The monoisotopic (exact) mass is 275 g/mol. The molecule has 0 radical (unpaired) electrons. The van der Waals surface area contributed by atoms with Crippen molar-refractivity contribution in [2.24, 2.45) is 0 Å². The number of hydrogen-bond donors (Lipinski definition) is 0. The van der Waals surface area contributed by atoms with Crippen molar-refractivity contribution >= 4 is 29.1 Å². The molecule has 1 aromatic rings. The van der Waals surface area contributed by atoms with Crippen LogP contribution in [0.25, 0.3) is 0 Å². The van der Waals surface area contributed by atoms with Crippen LogP contribution in [0, 0.1) is 5.82 Å². The van der Waals surface area contributed by atoms with Gasteiger partial charge in [0.05, 0.1) is 0 Å². The molecule has 17 heavy (non-hydrogen) atoms. The number of nitrogens with zero attached hydrogens (tertiary/aromatic N) is 1. The Kier molecular flexibility index (Phi) is 6.14. The Morgan fingerprint density at radius 3 is 2.76 bits per heavy atom. The minimum absolute atomic E-state index is 0.227. The molecule has 1 rings (SSSR count). The van der Waals surface area contributed by atoms with E-state index in [1.54, 1.807) is 0 Å². The molecule has 4 heteroatoms. The van der Waals surface area contributed by atoms with Crippen LogP contribution in [-0.2, 0) is 5.88 Å². The quantitative estimate of drug-likeness (QED) is 0.718. The van der Waals surface area contributed by atoms with Gasteiger partial charge < -0.3 is 4.90 Å². The third-order valence-corrected chi connectivity index (χ3v) is 3.90. The van der Waals surface area contributed by atoms with Gasteiger partial charge in [-0.05, 0) is 49.1 Å². The van der Waals surface area contributed by atoms with Gasteiger partial charge in [-0.15, -0.1) is 11.6 Å². The van der Waals surface area contributed by atoms with Crippen LogP contribution in [0.4, 0.5) is 10.1 Å². The predicted octanol–water partition coefficient (Wildman–Crippen LogP) is 4.14. The van der Waals surface area contributed by atoms with Gasteiger partial charge in [-0.2, -0.15) is 11.8 Å². The molecular weight excluding hydrogens is 257 g/mol. The number of alkyl halides is 1. The Labute approximate surface area is 112 Å². The van der Waals surface area contributed by atoms with E-state index >= 15 is 0 Å². The van der Waals surface area contributed by atoms with E-state index in [2.05, 4.69) is 18.1 Å². The van der Waals surface area contributed by atoms with E-state index in [-0.39, 0.29) is 5.82 Å². The lowest BCUT2D eigenvalue weighted by Crippen LogP contribution is -2.30. The van der Waals surface area contributed by atoms with Gasteiger partial charge in [-0.1, -0.05) is 0 Å². The molecule has 1 atom stereocenters. The zero-order chi connectivity index (χ0) is 12.8. The lowest BCUT2D eigenvalue weighted by Gasteiger charge is -2.28. The molecule has 0 saturated carbocycles. The van der Waals surface area contributed by atoms with Crippen LogP contribution >= 0.6 is 23.4 Å². The van der Waals surface area contributed by atoms with Gasteiger partial charge in [0.1, 0.15) is 5.82 Å². The molecule has 0 aliphatic carbocycles. The van der Waals surface area contributed by atoms with Crippen molar-refractivity contribution in [1.82, 2.24) is 0 Å². The van der Waals surface area contributed by atoms with Gasteiger partial charge in [-0.25, -0.2) is 4.39 Å². The maximum atomic E-state index is 13.1. The van der Waals surface area contributed by atoms with Gasteiger partial charge in [0.2, 0.25) is 0 Å². The van der Waals surface area contributed by atoms with E-state index in [0.717, 1.165) is 23.4 Å².